The maximum absolute atomic E-state index is 10.6. The van der Waals surface area contributed by atoms with Gasteiger partial charge in [0, 0.05) is 51.3 Å². The van der Waals surface area contributed by atoms with Gasteiger partial charge in [-0.3, -0.25) is 4.90 Å². The standard InChI is InChI=1S/C13H25N3O.3C2HF3O2/c1-17-7-6-15-4-2-12(3-5-15)16-10-13(11-16)8-14-9-13;3*3-2(4,5)1(6)7/h12,14H,2-11H2,1H3;3*(H,6,7). The molecule has 0 amide bonds. The predicted molar refractivity (Wildman–Crippen MR) is 109 cm³/mol. The maximum Gasteiger partial charge on any atom is 0.490 e. The maximum atomic E-state index is 10.6. The molecule has 0 aliphatic carbocycles. The fourth-order valence-corrected chi connectivity index (χ4v) is 3.50. The number of likely N-dealkylation sites (tertiary alicyclic amines) is 2. The summed E-state index contributed by atoms with van der Waals surface area (Å²) in [4.78, 5) is 31.9. The van der Waals surface area contributed by atoms with E-state index in [1.807, 2.05) is 0 Å². The van der Waals surface area contributed by atoms with Gasteiger partial charge in [-0.15, -0.1) is 0 Å². The number of rotatable bonds is 4. The second-order valence-electron chi connectivity index (χ2n) is 8.48. The lowest BCUT2D eigenvalue weighted by Crippen LogP contribution is -2.73. The third kappa shape index (κ3) is 13.4. The van der Waals surface area contributed by atoms with Crippen LogP contribution in [0, 0.1) is 5.41 Å². The van der Waals surface area contributed by atoms with Crippen LogP contribution in [0.25, 0.3) is 0 Å². The molecule has 3 aliphatic heterocycles. The van der Waals surface area contributed by atoms with Gasteiger partial charge in [0.2, 0.25) is 0 Å². The average molecular weight is 581 g/mol. The van der Waals surface area contributed by atoms with Crippen LogP contribution < -0.4 is 5.32 Å². The van der Waals surface area contributed by atoms with Gasteiger partial charge in [-0.25, -0.2) is 14.4 Å². The Hall–Kier alpha value is -2.38. The number of halogens is 9. The minimum Gasteiger partial charge on any atom is -0.475 e. The molecule has 3 fully saturated rings. The number of methoxy groups -OCH3 is 1. The zero-order valence-electron chi connectivity index (χ0n) is 19.9. The van der Waals surface area contributed by atoms with Crippen molar-refractivity contribution in [1.82, 2.24) is 15.1 Å². The Bertz CT molecular complexity index is 699. The molecule has 0 atom stereocenters. The Morgan fingerprint density at radius 2 is 1.16 bits per heavy atom. The van der Waals surface area contributed by atoms with E-state index >= 15 is 0 Å². The normalized spacial score (nSPS) is 19.7. The fourth-order valence-electron chi connectivity index (χ4n) is 3.50. The predicted octanol–water partition coefficient (Wildman–Crippen LogP) is 1.90. The van der Waals surface area contributed by atoms with E-state index in [1.165, 1.54) is 52.1 Å². The van der Waals surface area contributed by atoms with Crippen molar-refractivity contribution in [3.8, 4) is 0 Å². The number of aliphatic carboxylic acids is 3. The van der Waals surface area contributed by atoms with E-state index < -0.39 is 36.4 Å². The van der Waals surface area contributed by atoms with Crippen molar-refractivity contribution in [2.24, 2.45) is 5.41 Å². The van der Waals surface area contributed by atoms with Crippen molar-refractivity contribution in [3.05, 3.63) is 0 Å². The van der Waals surface area contributed by atoms with Crippen LogP contribution in [0.3, 0.4) is 0 Å². The van der Waals surface area contributed by atoms with Crippen LogP contribution in [0.1, 0.15) is 12.8 Å². The SMILES string of the molecule is COCCN1CCC(N2CC3(CNC3)C2)CC1.O=C(O)C(F)(F)F.O=C(O)C(F)(F)F.O=C(O)C(F)(F)F. The Morgan fingerprint density at radius 3 is 1.39 bits per heavy atom. The second kappa shape index (κ2) is 14.7. The van der Waals surface area contributed by atoms with E-state index in [4.69, 9.17) is 34.4 Å². The summed E-state index contributed by atoms with van der Waals surface area (Å²) in [6, 6.07) is 0.861. The summed E-state index contributed by atoms with van der Waals surface area (Å²) in [5, 5.41) is 24.8. The van der Waals surface area contributed by atoms with Crippen molar-refractivity contribution < 1.29 is 74.0 Å². The third-order valence-electron chi connectivity index (χ3n) is 5.49. The minimum absolute atomic E-state index is 0.688. The van der Waals surface area contributed by atoms with Crippen LogP contribution in [0.2, 0.25) is 0 Å². The third-order valence-corrected chi connectivity index (χ3v) is 5.49. The highest BCUT2D eigenvalue weighted by atomic mass is 19.4. The summed E-state index contributed by atoms with van der Waals surface area (Å²) in [5.74, 6) is -8.27. The van der Waals surface area contributed by atoms with Crippen molar-refractivity contribution in [3.63, 3.8) is 0 Å². The van der Waals surface area contributed by atoms with Gasteiger partial charge in [0.05, 0.1) is 6.61 Å². The monoisotopic (exact) mass is 581 g/mol. The minimum atomic E-state index is -5.08. The largest absolute Gasteiger partial charge is 0.490 e. The van der Waals surface area contributed by atoms with E-state index in [0.717, 1.165) is 19.2 Å². The average Bonchev–Trinajstić information content (AvgIpc) is 2.70. The number of hydrogen-bond acceptors (Lipinski definition) is 7. The molecule has 3 rings (SSSR count). The van der Waals surface area contributed by atoms with Gasteiger partial charge in [0.15, 0.2) is 0 Å². The Balaban J connectivity index is 0.000000550. The summed E-state index contributed by atoms with van der Waals surface area (Å²) >= 11 is 0. The van der Waals surface area contributed by atoms with Gasteiger partial charge < -0.3 is 30.3 Å². The lowest BCUT2D eigenvalue weighted by molar-refractivity contribution is -0.193. The first kappa shape index (κ1) is 35.6. The molecule has 0 aromatic carbocycles. The quantitative estimate of drug-likeness (QED) is 0.364. The Labute approximate surface area is 210 Å². The molecule has 38 heavy (non-hydrogen) atoms. The number of carboxylic acids is 3. The first-order chi connectivity index (χ1) is 17.1. The van der Waals surface area contributed by atoms with E-state index in [1.54, 1.807) is 7.11 Å². The van der Waals surface area contributed by atoms with Gasteiger partial charge >= 0.3 is 36.4 Å². The number of nitrogens with one attached hydrogen (secondary N) is 1. The zero-order valence-corrected chi connectivity index (χ0v) is 19.9. The highest BCUT2D eigenvalue weighted by Gasteiger charge is 2.49. The lowest BCUT2D eigenvalue weighted by atomic mass is 9.73. The molecule has 224 valence electrons. The summed E-state index contributed by atoms with van der Waals surface area (Å²) in [6.07, 6.45) is -12.5. The molecular formula is C19H28F9N3O7. The van der Waals surface area contributed by atoms with E-state index in [2.05, 4.69) is 15.1 Å². The van der Waals surface area contributed by atoms with Crippen molar-refractivity contribution in [2.75, 3.05) is 59.5 Å². The Morgan fingerprint density at radius 1 is 0.816 bits per heavy atom. The second-order valence-corrected chi connectivity index (χ2v) is 8.48. The smallest absolute Gasteiger partial charge is 0.475 e. The van der Waals surface area contributed by atoms with E-state index in [9.17, 15) is 39.5 Å². The van der Waals surface area contributed by atoms with E-state index in [-0.39, 0.29) is 0 Å². The number of carboxylic acid groups (broad SMARTS) is 3. The van der Waals surface area contributed by atoms with Crippen LogP contribution in [0.5, 0.6) is 0 Å². The van der Waals surface area contributed by atoms with Crippen LogP contribution in [-0.2, 0) is 19.1 Å². The van der Waals surface area contributed by atoms with Crippen LogP contribution in [0.15, 0.2) is 0 Å². The number of piperidine rings is 1. The lowest BCUT2D eigenvalue weighted by Gasteiger charge is -2.59. The molecule has 0 aromatic heterocycles. The molecule has 3 saturated heterocycles. The molecule has 10 nitrogen and oxygen atoms in total. The van der Waals surface area contributed by atoms with Crippen molar-refractivity contribution >= 4 is 17.9 Å². The topological polar surface area (TPSA) is 140 Å². The number of hydrogen-bond donors (Lipinski definition) is 4. The van der Waals surface area contributed by atoms with Crippen LogP contribution in [0.4, 0.5) is 39.5 Å². The van der Waals surface area contributed by atoms with Gasteiger partial charge in [-0.2, -0.15) is 39.5 Å². The van der Waals surface area contributed by atoms with E-state index in [0.29, 0.717) is 5.41 Å². The molecule has 0 bridgehead atoms. The Kier molecular flexibility index (Phi) is 13.8. The van der Waals surface area contributed by atoms with Gasteiger partial charge in [-0.05, 0) is 25.9 Å². The molecule has 0 radical (unpaired) electrons. The number of nitrogens with zero attached hydrogens (tertiary/aromatic N) is 2. The highest BCUT2D eigenvalue weighted by molar-refractivity contribution is 5.73. The summed E-state index contributed by atoms with van der Waals surface area (Å²) in [6.45, 7) is 9.73. The van der Waals surface area contributed by atoms with Gasteiger partial charge in [0.1, 0.15) is 0 Å². The zero-order chi connectivity index (χ0) is 29.9. The molecule has 4 N–H and O–H groups in total. The first-order valence-electron chi connectivity index (χ1n) is 10.7. The highest BCUT2D eigenvalue weighted by Crippen LogP contribution is 2.37. The van der Waals surface area contributed by atoms with Crippen LogP contribution in [-0.4, -0.2) is 127 Å². The molecule has 3 aliphatic rings. The fraction of sp³-hybridized carbons (Fsp3) is 0.842. The molecule has 0 saturated carbocycles. The number of carbonyl (C=O) groups is 3. The van der Waals surface area contributed by atoms with Crippen molar-refractivity contribution in [2.45, 2.75) is 37.4 Å². The summed E-state index contributed by atoms with van der Waals surface area (Å²) in [5.41, 5.74) is 0.688. The summed E-state index contributed by atoms with van der Waals surface area (Å²) in [7, 11) is 1.79. The van der Waals surface area contributed by atoms with Gasteiger partial charge in [0.25, 0.3) is 0 Å². The molecule has 19 heteroatoms. The first-order valence-corrected chi connectivity index (χ1v) is 10.7. The number of ether oxygens (including phenoxy) is 1. The van der Waals surface area contributed by atoms with Gasteiger partial charge in [-0.1, -0.05) is 0 Å². The molecule has 1 spiro atoms. The molecule has 0 aromatic rings. The molecular weight excluding hydrogens is 553 g/mol. The van der Waals surface area contributed by atoms with Crippen molar-refractivity contribution in [1.29, 1.82) is 0 Å². The molecule has 0 unspecified atom stereocenters. The number of alkyl halides is 9. The summed E-state index contributed by atoms with van der Waals surface area (Å²) < 4.78 is 100. The van der Waals surface area contributed by atoms with Crippen LogP contribution >= 0.6 is 0 Å². The molecule has 3 heterocycles.